The lowest BCUT2D eigenvalue weighted by atomic mass is 9.96. The minimum Gasteiger partial charge on any atom is -0.508 e. The Bertz CT molecular complexity index is 2490. The number of hydrogen-bond acceptors (Lipinski definition) is 25. The Balaban J connectivity index is 1.21. The van der Waals surface area contributed by atoms with Crippen molar-refractivity contribution in [3.63, 3.8) is 0 Å². The third-order valence-electron chi connectivity index (χ3n) is 11.5. The molecule has 3 saturated heterocycles. The van der Waals surface area contributed by atoms with E-state index in [1.807, 2.05) is 0 Å². The van der Waals surface area contributed by atoms with E-state index in [9.17, 15) is 76.0 Å². The summed E-state index contributed by atoms with van der Waals surface area (Å²) < 4.78 is 56.5. The summed E-state index contributed by atoms with van der Waals surface area (Å²) in [6.07, 6.45) is -27.1. The highest BCUT2D eigenvalue weighted by Gasteiger charge is 2.54. The lowest BCUT2D eigenvalue weighted by molar-refractivity contribution is -0.379. The second-order valence-corrected chi connectivity index (χ2v) is 16.0. The molecule has 0 bridgehead atoms. The van der Waals surface area contributed by atoms with Crippen molar-refractivity contribution in [2.24, 2.45) is 0 Å². The van der Waals surface area contributed by atoms with Crippen LogP contribution in [0, 0.1) is 0 Å². The molecule has 3 aliphatic heterocycles. The highest BCUT2D eigenvalue weighted by atomic mass is 16.8. The molecule has 7 rings (SSSR count). The third-order valence-corrected chi connectivity index (χ3v) is 11.5. The maximum atomic E-state index is 14.2. The van der Waals surface area contributed by atoms with Gasteiger partial charge in [-0.25, -0.2) is 4.79 Å². The SMILES string of the molecule is COc1cc(/C=C/C(=O)OCC2O[C@@H](O[C@@H]3C(O)[C@@H](O)C(CO)O[C@H]3Oc3c(-c4ccc(O)cc4)oc4cc(O)cc(O)c4c3=O)C(O)C(O)[C@@H]2O[C@@H]2OC(CO)[C@@H](O)C(O)[C@H]2O)cc(OC)c1O. The van der Waals surface area contributed by atoms with E-state index in [0.29, 0.717) is 5.56 Å². The van der Waals surface area contributed by atoms with Gasteiger partial charge < -0.3 is 113 Å². The van der Waals surface area contributed by atoms with E-state index >= 15 is 0 Å². The summed E-state index contributed by atoms with van der Waals surface area (Å²) in [6.45, 7) is -2.70. The summed E-state index contributed by atoms with van der Waals surface area (Å²) in [5.41, 5.74) is -1.04. The van der Waals surface area contributed by atoms with Crippen LogP contribution in [0.2, 0.25) is 0 Å². The first-order valence-corrected chi connectivity index (χ1v) is 20.9. The number of aliphatic hydroxyl groups is 9. The zero-order chi connectivity index (χ0) is 50.0. The Morgan fingerprint density at radius 2 is 1.20 bits per heavy atom. The number of carbonyl (C=O) groups is 1. The van der Waals surface area contributed by atoms with Gasteiger partial charge in [0.2, 0.25) is 23.2 Å². The number of phenols is 4. The first-order chi connectivity index (χ1) is 32.9. The number of phenolic OH excluding ortho intramolecular Hbond substituents is 4. The lowest BCUT2D eigenvalue weighted by Crippen LogP contribution is -2.67. The van der Waals surface area contributed by atoms with Crippen LogP contribution < -0.4 is 19.6 Å². The number of rotatable bonds is 15. The fraction of sp³-hybridized carbons (Fsp3) is 0.455. The van der Waals surface area contributed by atoms with Gasteiger partial charge in [-0.3, -0.25) is 4.79 Å². The van der Waals surface area contributed by atoms with Crippen LogP contribution >= 0.6 is 0 Å². The molecule has 13 N–H and O–H groups in total. The van der Waals surface area contributed by atoms with Crippen molar-refractivity contribution >= 4 is 23.0 Å². The van der Waals surface area contributed by atoms with E-state index in [1.165, 1.54) is 56.7 Å². The van der Waals surface area contributed by atoms with Gasteiger partial charge in [-0.05, 0) is 48.0 Å². The van der Waals surface area contributed by atoms with Crippen molar-refractivity contribution in [1.29, 1.82) is 0 Å². The Kier molecular flexibility index (Phi) is 15.8. The summed E-state index contributed by atoms with van der Waals surface area (Å²) in [7, 11) is 2.57. The summed E-state index contributed by atoms with van der Waals surface area (Å²) in [6, 6.07) is 9.66. The molecule has 0 amide bonds. The molecule has 0 saturated carbocycles. The number of esters is 1. The molecule has 376 valence electrons. The van der Waals surface area contributed by atoms with E-state index in [2.05, 4.69) is 0 Å². The van der Waals surface area contributed by atoms with Crippen molar-refractivity contribution in [2.45, 2.75) is 92.1 Å². The molecule has 0 aliphatic carbocycles. The number of fused-ring (bicyclic) bond motifs is 1. The maximum Gasteiger partial charge on any atom is 0.330 e. The predicted molar refractivity (Wildman–Crippen MR) is 227 cm³/mol. The molecule has 69 heavy (non-hydrogen) atoms. The van der Waals surface area contributed by atoms with Crippen LogP contribution in [0.3, 0.4) is 0 Å². The van der Waals surface area contributed by atoms with E-state index in [1.54, 1.807) is 0 Å². The first-order valence-electron chi connectivity index (χ1n) is 20.9. The quantitative estimate of drug-likeness (QED) is 0.0429. The molecule has 25 nitrogen and oxygen atoms in total. The molecule has 3 fully saturated rings. The third kappa shape index (κ3) is 10.5. The van der Waals surface area contributed by atoms with Gasteiger partial charge in [-0.2, -0.15) is 0 Å². The minimum absolute atomic E-state index is 0.00391. The molecule has 4 heterocycles. The average Bonchev–Trinajstić information content (AvgIpc) is 3.33. The van der Waals surface area contributed by atoms with Gasteiger partial charge in [-0.15, -0.1) is 0 Å². The fourth-order valence-corrected chi connectivity index (χ4v) is 7.79. The number of carbonyl (C=O) groups excluding carboxylic acids is 1. The molecule has 3 aliphatic rings. The molecule has 4 aromatic rings. The van der Waals surface area contributed by atoms with Gasteiger partial charge in [0, 0.05) is 23.8 Å². The number of benzene rings is 3. The molecular formula is C44H50O25. The van der Waals surface area contributed by atoms with Gasteiger partial charge in [-0.1, -0.05) is 0 Å². The van der Waals surface area contributed by atoms with Gasteiger partial charge >= 0.3 is 5.97 Å². The normalized spacial score (nSPS) is 31.7. The topological polar surface area (TPSA) is 393 Å². The minimum atomic E-state index is -2.24. The second kappa shape index (κ2) is 21.4. The van der Waals surface area contributed by atoms with Crippen LogP contribution in [-0.4, -0.2) is 199 Å². The van der Waals surface area contributed by atoms with Gasteiger partial charge in [0.25, 0.3) is 0 Å². The van der Waals surface area contributed by atoms with Crippen molar-refractivity contribution in [2.75, 3.05) is 34.0 Å². The van der Waals surface area contributed by atoms with Gasteiger partial charge in [0.15, 0.2) is 35.9 Å². The van der Waals surface area contributed by atoms with E-state index in [-0.39, 0.29) is 34.1 Å². The molecule has 0 radical (unpaired) electrons. The predicted octanol–water partition coefficient (Wildman–Crippen LogP) is -2.61. The Labute approximate surface area is 388 Å². The molecule has 0 spiro atoms. The molecular weight excluding hydrogens is 928 g/mol. The van der Waals surface area contributed by atoms with Crippen LogP contribution in [0.1, 0.15) is 5.56 Å². The monoisotopic (exact) mass is 978 g/mol. The molecule has 25 heteroatoms. The molecule has 7 unspecified atom stereocenters. The second-order valence-electron chi connectivity index (χ2n) is 16.0. The summed E-state index contributed by atoms with van der Waals surface area (Å²) >= 11 is 0. The first kappa shape index (κ1) is 51.0. The summed E-state index contributed by atoms with van der Waals surface area (Å²) in [4.78, 5) is 27.3. The Morgan fingerprint density at radius 3 is 1.81 bits per heavy atom. The zero-order valence-electron chi connectivity index (χ0n) is 36.3. The van der Waals surface area contributed by atoms with Crippen molar-refractivity contribution in [3.8, 4) is 51.6 Å². The van der Waals surface area contributed by atoms with Crippen molar-refractivity contribution < 1.29 is 118 Å². The number of aliphatic hydroxyl groups excluding tert-OH is 9. The van der Waals surface area contributed by atoms with E-state index in [4.69, 9.17) is 47.0 Å². The number of methoxy groups -OCH3 is 2. The summed E-state index contributed by atoms with van der Waals surface area (Å²) in [5.74, 6) is -3.93. The number of ether oxygens (including phenoxy) is 9. The van der Waals surface area contributed by atoms with E-state index < -0.39 is 152 Å². The Morgan fingerprint density at radius 1 is 0.652 bits per heavy atom. The number of hydrogen-bond donors (Lipinski definition) is 13. The summed E-state index contributed by atoms with van der Waals surface area (Å²) in [5, 5.41) is 138. The lowest BCUT2D eigenvalue weighted by Gasteiger charge is -2.48. The van der Waals surface area contributed by atoms with E-state index in [0.717, 1.165) is 18.2 Å². The van der Waals surface area contributed by atoms with Crippen molar-refractivity contribution in [1.82, 2.24) is 0 Å². The fourth-order valence-electron chi connectivity index (χ4n) is 7.79. The van der Waals surface area contributed by atoms with Crippen LogP contribution in [0.15, 0.2) is 63.8 Å². The zero-order valence-corrected chi connectivity index (χ0v) is 36.3. The van der Waals surface area contributed by atoms with Crippen LogP contribution in [0.25, 0.3) is 28.4 Å². The van der Waals surface area contributed by atoms with Crippen molar-refractivity contribution in [3.05, 3.63) is 70.4 Å². The molecule has 15 atom stereocenters. The highest BCUT2D eigenvalue weighted by Crippen LogP contribution is 2.40. The van der Waals surface area contributed by atoms with Gasteiger partial charge in [0.1, 0.15) is 102 Å². The van der Waals surface area contributed by atoms with Gasteiger partial charge in [0.05, 0.1) is 27.4 Å². The standard InChI is InChI=1S/C44H50O25/c1-60-22-9-16(10-23(61-2)29(22)51)3-8-27(50)62-15-26-39(67-42-36(58)33(55)30(52)24(13-45)64-42)35(57)37(59)43(66-26)69-41-34(56)31(53)25(14-46)65-44(41)68-40-32(54)28-20(49)11-19(48)12-21(28)63-38(40)17-4-6-18(47)7-5-17/h3-12,24-26,30-31,33-37,39,41-49,51-53,55-59H,13-15H2,1-2H3/b8-3+/t24?,25?,26?,30-,31+,33?,34?,35?,36-,37?,39-,41-,42+,43+,44+/m1/s1. The largest absolute Gasteiger partial charge is 0.508 e. The average molecular weight is 979 g/mol. The van der Waals surface area contributed by atoms with Crippen LogP contribution in [0.5, 0.6) is 40.2 Å². The maximum absolute atomic E-state index is 14.2. The number of aromatic hydroxyl groups is 4. The molecule has 1 aromatic heterocycles. The van der Waals surface area contributed by atoms with Crippen LogP contribution in [0.4, 0.5) is 0 Å². The highest BCUT2D eigenvalue weighted by molar-refractivity contribution is 5.88. The Hall–Kier alpha value is -5.88. The van der Waals surface area contributed by atoms with Crippen LogP contribution in [-0.2, 0) is 33.2 Å². The molecule has 3 aromatic carbocycles. The smallest absolute Gasteiger partial charge is 0.330 e.